The number of rotatable bonds is 6. The molecule has 1 amide bonds. The summed E-state index contributed by atoms with van der Waals surface area (Å²) in [5.74, 6) is 3.16. The van der Waals surface area contributed by atoms with Crippen molar-refractivity contribution in [3.05, 3.63) is 42.0 Å². The Morgan fingerprint density at radius 1 is 1.33 bits per heavy atom. The number of aryl methyl sites for hydroxylation is 1. The maximum atomic E-state index is 12.3. The zero-order valence-corrected chi connectivity index (χ0v) is 14.5. The number of hydrogen-bond acceptors (Lipinski definition) is 6. The fourth-order valence-corrected chi connectivity index (χ4v) is 3.04. The Morgan fingerprint density at radius 3 is 2.83 bits per heavy atom. The summed E-state index contributed by atoms with van der Waals surface area (Å²) in [7, 11) is 3.60. The molecule has 0 unspecified atom stereocenters. The number of nitrogens with zero attached hydrogens (tertiary/aromatic N) is 4. The fourth-order valence-electron chi connectivity index (χ4n) is 2.19. The molecule has 0 fully saturated rings. The summed E-state index contributed by atoms with van der Waals surface area (Å²) in [6.07, 6.45) is 1.59. The Balaban J connectivity index is 1.58. The van der Waals surface area contributed by atoms with E-state index in [9.17, 15) is 4.79 Å². The lowest BCUT2D eigenvalue weighted by atomic mass is 10.4. The van der Waals surface area contributed by atoms with Gasteiger partial charge in [0.05, 0.1) is 18.6 Å². The third kappa shape index (κ3) is 3.53. The summed E-state index contributed by atoms with van der Waals surface area (Å²) in [5.41, 5.74) is 0. The topological polar surface area (TPSA) is 77.3 Å². The van der Waals surface area contributed by atoms with E-state index in [0.717, 1.165) is 11.5 Å². The van der Waals surface area contributed by atoms with Crippen molar-refractivity contribution in [3.63, 3.8) is 0 Å². The molecular formula is C16H18N4O3S. The van der Waals surface area contributed by atoms with Crippen LogP contribution in [0.2, 0.25) is 0 Å². The Bertz CT molecular complexity index is 822. The molecular weight excluding hydrogens is 328 g/mol. The third-order valence-corrected chi connectivity index (χ3v) is 4.52. The van der Waals surface area contributed by atoms with Gasteiger partial charge in [-0.15, -0.1) is 10.2 Å². The highest BCUT2D eigenvalue weighted by molar-refractivity contribution is 7.99. The molecule has 126 valence electrons. The molecule has 0 aliphatic heterocycles. The Kier molecular flexibility index (Phi) is 4.75. The first-order valence-corrected chi connectivity index (χ1v) is 8.38. The largest absolute Gasteiger partial charge is 0.464 e. The van der Waals surface area contributed by atoms with E-state index in [0.29, 0.717) is 23.3 Å². The van der Waals surface area contributed by atoms with Gasteiger partial charge < -0.3 is 18.3 Å². The molecule has 8 heteroatoms. The van der Waals surface area contributed by atoms with Crippen molar-refractivity contribution in [1.82, 2.24) is 19.7 Å². The quantitative estimate of drug-likeness (QED) is 0.639. The van der Waals surface area contributed by atoms with Gasteiger partial charge in [-0.3, -0.25) is 4.79 Å². The van der Waals surface area contributed by atoms with Gasteiger partial charge in [-0.25, -0.2) is 0 Å². The number of carbonyl (C=O) groups is 1. The van der Waals surface area contributed by atoms with E-state index in [1.807, 2.05) is 36.7 Å². The molecule has 0 N–H and O–H groups in total. The van der Waals surface area contributed by atoms with Gasteiger partial charge in [-0.2, -0.15) is 0 Å². The van der Waals surface area contributed by atoms with Crippen LogP contribution in [0.1, 0.15) is 11.5 Å². The molecule has 0 aromatic carbocycles. The highest BCUT2D eigenvalue weighted by Gasteiger charge is 2.16. The Morgan fingerprint density at radius 2 is 2.17 bits per heavy atom. The Hall–Kier alpha value is -2.48. The van der Waals surface area contributed by atoms with Crippen molar-refractivity contribution in [2.75, 3.05) is 12.8 Å². The predicted molar refractivity (Wildman–Crippen MR) is 89.3 cm³/mol. The van der Waals surface area contributed by atoms with Gasteiger partial charge in [0.2, 0.25) is 5.91 Å². The Labute approximate surface area is 143 Å². The van der Waals surface area contributed by atoms with Crippen molar-refractivity contribution < 1.29 is 13.6 Å². The van der Waals surface area contributed by atoms with Crippen LogP contribution in [0.3, 0.4) is 0 Å². The van der Waals surface area contributed by atoms with Crippen LogP contribution in [0.15, 0.2) is 44.5 Å². The highest BCUT2D eigenvalue weighted by atomic mass is 32.2. The number of hydrogen-bond donors (Lipinski definition) is 0. The van der Waals surface area contributed by atoms with Crippen molar-refractivity contribution in [1.29, 1.82) is 0 Å². The van der Waals surface area contributed by atoms with Gasteiger partial charge >= 0.3 is 0 Å². The van der Waals surface area contributed by atoms with Crippen LogP contribution in [-0.2, 0) is 18.4 Å². The van der Waals surface area contributed by atoms with Crippen molar-refractivity contribution in [2.24, 2.45) is 7.05 Å². The smallest absolute Gasteiger partial charge is 0.233 e. The van der Waals surface area contributed by atoms with Gasteiger partial charge in [-0.05, 0) is 31.2 Å². The first-order chi connectivity index (χ1) is 11.5. The molecule has 3 aromatic heterocycles. The highest BCUT2D eigenvalue weighted by Crippen LogP contribution is 2.23. The average Bonchev–Trinajstić information content (AvgIpc) is 3.27. The van der Waals surface area contributed by atoms with Crippen molar-refractivity contribution >= 4 is 17.7 Å². The van der Waals surface area contributed by atoms with Crippen LogP contribution in [0.25, 0.3) is 11.6 Å². The molecule has 0 bridgehead atoms. The first kappa shape index (κ1) is 16.4. The van der Waals surface area contributed by atoms with Gasteiger partial charge in [-0.1, -0.05) is 11.8 Å². The SMILES string of the molecule is Cc1ccc(CN(C)C(=O)CSc2nnc(-c3ccco3)n2C)o1. The van der Waals surface area contributed by atoms with Crippen LogP contribution in [0.4, 0.5) is 0 Å². The molecule has 0 spiro atoms. The molecule has 0 aliphatic carbocycles. The minimum atomic E-state index is -0.00315. The van der Waals surface area contributed by atoms with Gasteiger partial charge in [0.1, 0.15) is 11.5 Å². The van der Waals surface area contributed by atoms with Crippen molar-refractivity contribution in [2.45, 2.75) is 18.6 Å². The van der Waals surface area contributed by atoms with Crippen LogP contribution < -0.4 is 0 Å². The second-order valence-corrected chi connectivity index (χ2v) is 6.34. The zero-order chi connectivity index (χ0) is 17.1. The van der Waals surface area contributed by atoms with Crippen LogP contribution in [0, 0.1) is 6.92 Å². The third-order valence-electron chi connectivity index (χ3n) is 3.52. The molecule has 0 saturated heterocycles. The molecule has 0 radical (unpaired) electrons. The van der Waals surface area contributed by atoms with E-state index in [-0.39, 0.29) is 11.7 Å². The van der Waals surface area contributed by atoms with E-state index in [4.69, 9.17) is 8.83 Å². The fraction of sp³-hybridized carbons (Fsp3) is 0.312. The summed E-state index contributed by atoms with van der Waals surface area (Å²) < 4.78 is 12.6. The van der Waals surface area contributed by atoms with Crippen molar-refractivity contribution in [3.8, 4) is 11.6 Å². The lowest BCUT2D eigenvalue weighted by Crippen LogP contribution is -2.27. The van der Waals surface area contributed by atoms with Crippen LogP contribution in [-0.4, -0.2) is 38.4 Å². The number of furan rings is 2. The average molecular weight is 346 g/mol. The number of carbonyl (C=O) groups excluding carboxylic acids is 1. The summed E-state index contributed by atoms with van der Waals surface area (Å²) in [6, 6.07) is 7.39. The monoisotopic (exact) mass is 346 g/mol. The first-order valence-electron chi connectivity index (χ1n) is 7.40. The van der Waals surface area contributed by atoms with Gasteiger partial charge in [0.25, 0.3) is 0 Å². The standard InChI is InChI=1S/C16H18N4O3S/c1-11-6-7-12(23-11)9-19(2)14(21)10-24-16-18-17-15(20(16)3)13-5-4-8-22-13/h4-8H,9-10H2,1-3H3. The molecule has 3 heterocycles. The zero-order valence-electron chi connectivity index (χ0n) is 13.7. The minimum Gasteiger partial charge on any atom is -0.464 e. The number of thioether (sulfide) groups is 1. The lowest BCUT2D eigenvalue weighted by Gasteiger charge is -2.15. The summed E-state index contributed by atoms with van der Waals surface area (Å²) in [4.78, 5) is 13.9. The molecule has 0 saturated carbocycles. The summed E-state index contributed by atoms with van der Waals surface area (Å²) in [5, 5.41) is 8.89. The van der Waals surface area contributed by atoms with E-state index in [2.05, 4.69) is 10.2 Å². The molecule has 0 atom stereocenters. The predicted octanol–water partition coefficient (Wildman–Crippen LogP) is 2.73. The van der Waals surface area contributed by atoms with Gasteiger partial charge in [0, 0.05) is 14.1 Å². The van der Waals surface area contributed by atoms with E-state index in [1.165, 1.54) is 11.8 Å². The lowest BCUT2D eigenvalue weighted by molar-refractivity contribution is -0.127. The molecule has 0 aliphatic rings. The molecule has 3 rings (SSSR count). The second-order valence-electron chi connectivity index (χ2n) is 5.39. The van der Waals surface area contributed by atoms with Gasteiger partial charge in [0.15, 0.2) is 16.7 Å². The molecule has 24 heavy (non-hydrogen) atoms. The second kappa shape index (κ2) is 6.96. The maximum absolute atomic E-state index is 12.3. The van der Waals surface area contributed by atoms with Crippen LogP contribution >= 0.6 is 11.8 Å². The summed E-state index contributed by atoms with van der Waals surface area (Å²) >= 11 is 1.34. The molecule has 3 aromatic rings. The van der Waals surface area contributed by atoms with E-state index < -0.39 is 0 Å². The molecule has 7 nitrogen and oxygen atoms in total. The normalized spacial score (nSPS) is 11.0. The maximum Gasteiger partial charge on any atom is 0.233 e. The number of aromatic nitrogens is 3. The number of amides is 1. The summed E-state index contributed by atoms with van der Waals surface area (Å²) in [6.45, 7) is 2.33. The minimum absolute atomic E-state index is 0.00315. The van der Waals surface area contributed by atoms with E-state index in [1.54, 1.807) is 24.3 Å². The van der Waals surface area contributed by atoms with E-state index >= 15 is 0 Å². The van der Waals surface area contributed by atoms with Crippen LogP contribution in [0.5, 0.6) is 0 Å².